The molecule has 1 saturated heterocycles. The Hall–Kier alpha value is -1.34. The summed E-state index contributed by atoms with van der Waals surface area (Å²) in [5.41, 5.74) is 0.354. The molecular weight excluding hydrogens is 350 g/mol. The SMILES string of the molecule is COC(=O)N1CCN(C(=O)c2cc(Br)cnc2Cl)CC1. The number of aromatic nitrogens is 1. The average Bonchev–Trinajstić information content (AvgIpc) is 2.48. The number of rotatable bonds is 1. The second-order valence-electron chi connectivity index (χ2n) is 4.24. The molecule has 1 fully saturated rings. The Balaban J connectivity index is 2.05. The number of nitrogens with zero attached hydrogens (tertiary/aromatic N) is 3. The maximum Gasteiger partial charge on any atom is 0.409 e. The quantitative estimate of drug-likeness (QED) is 0.717. The van der Waals surface area contributed by atoms with Gasteiger partial charge in [-0.25, -0.2) is 9.78 Å². The van der Waals surface area contributed by atoms with E-state index < -0.39 is 0 Å². The standard InChI is InChI=1S/C12H13BrClN3O3/c1-20-12(19)17-4-2-16(3-5-17)11(18)9-6-8(13)7-15-10(9)14/h6-7H,2-5H2,1H3. The van der Waals surface area contributed by atoms with Crippen molar-refractivity contribution < 1.29 is 14.3 Å². The van der Waals surface area contributed by atoms with E-state index in [9.17, 15) is 9.59 Å². The van der Waals surface area contributed by atoms with Crippen LogP contribution in [0.15, 0.2) is 16.7 Å². The molecule has 1 aromatic heterocycles. The number of hydrogen-bond acceptors (Lipinski definition) is 4. The van der Waals surface area contributed by atoms with Crippen molar-refractivity contribution in [1.29, 1.82) is 0 Å². The summed E-state index contributed by atoms with van der Waals surface area (Å²) in [6.07, 6.45) is 1.16. The van der Waals surface area contributed by atoms with Gasteiger partial charge in [-0.15, -0.1) is 0 Å². The molecule has 0 unspecified atom stereocenters. The van der Waals surface area contributed by atoms with E-state index >= 15 is 0 Å². The van der Waals surface area contributed by atoms with Crippen molar-refractivity contribution in [3.8, 4) is 0 Å². The lowest BCUT2D eigenvalue weighted by Crippen LogP contribution is -2.50. The van der Waals surface area contributed by atoms with E-state index in [4.69, 9.17) is 11.6 Å². The van der Waals surface area contributed by atoms with Gasteiger partial charge in [-0.05, 0) is 22.0 Å². The van der Waals surface area contributed by atoms with Crippen LogP contribution in [0.25, 0.3) is 0 Å². The van der Waals surface area contributed by atoms with Crippen LogP contribution in [0, 0.1) is 0 Å². The van der Waals surface area contributed by atoms with Crippen LogP contribution < -0.4 is 0 Å². The summed E-state index contributed by atoms with van der Waals surface area (Å²) < 4.78 is 5.34. The highest BCUT2D eigenvalue weighted by Crippen LogP contribution is 2.20. The summed E-state index contributed by atoms with van der Waals surface area (Å²) in [4.78, 5) is 30.9. The normalized spacial score (nSPS) is 15.2. The molecule has 1 aromatic rings. The predicted octanol–water partition coefficient (Wildman–Crippen LogP) is 2.02. The molecule has 1 aliphatic heterocycles. The van der Waals surface area contributed by atoms with Crippen LogP contribution in [0.1, 0.15) is 10.4 Å². The first-order chi connectivity index (χ1) is 9.52. The highest BCUT2D eigenvalue weighted by molar-refractivity contribution is 9.10. The van der Waals surface area contributed by atoms with Crippen molar-refractivity contribution >= 4 is 39.5 Å². The van der Waals surface area contributed by atoms with Crippen LogP contribution in [0.4, 0.5) is 4.79 Å². The monoisotopic (exact) mass is 361 g/mol. The molecule has 0 N–H and O–H groups in total. The van der Waals surface area contributed by atoms with Gasteiger partial charge in [-0.1, -0.05) is 11.6 Å². The van der Waals surface area contributed by atoms with Gasteiger partial charge in [0.2, 0.25) is 0 Å². The summed E-state index contributed by atoms with van der Waals surface area (Å²) in [5, 5.41) is 0.175. The number of methoxy groups -OCH3 is 1. The van der Waals surface area contributed by atoms with Gasteiger partial charge in [0.1, 0.15) is 5.15 Å². The number of pyridine rings is 1. The van der Waals surface area contributed by atoms with Crippen LogP contribution in [0.3, 0.4) is 0 Å². The second-order valence-corrected chi connectivity index (χ2v) is 5.51. The Kier molecular flexibility index (Phi) is 4.82. The number of amides is 2. The summed E-state index contributed by atoms with van der Waals surface area (Å²) in [6, 6.07) is 1.64. The minimum absolute atomic E-state index is 0.175. The van der Waals surface area contributed by atoms with Gasteiger partial charge >= 0.3 is 6.09 Å². The maximum absolute atomic E-state index is 12.4. The number of piperazine rings is 1. The Morgan fingerprint density at radius 1 is 1.30 bits per heavy atom. The van der Waals surface area contributed by atoms with E-state index in [1.807, 2.05) is 0 Å². The highest BCUT2D eigenvalue weighted by atomic mass is 79.9. The number of carbonyl (C=O) groups is 2. The molecule has 0 bridgehead atoms. The summed E-state index contributed by atoms with van der Waals surface area (Å²) in [5.74, 6) is -0.187. The van der Waals surface area contributed by atoms with Crippen molar-refractivity contribution in [2.24, 2.45) is 0 Å². The van der Waals surface area contributed by atoms with E-state index in [2.05, 4.69) is 25.7 Å². The Morgan fingerprint density at radius 3 is 2.50 bits per heavy atom. The predicted molar refractivity (Wildman–Crippen MR) is 76.8 cm³/mol. The molecule has 0 spiro atoms. The summed E-state index contributed by atoms with van der Waals surface area (Å²) in [7, 11) is 1.34. The fourth-order valence-corrected chi connectivity index (χ4v) is 2.48. The van der Waals surface area contributed by atoms with E-state index in [-0.39, 0.29) is 17.2 Å². The third-order valence-corrected chi connectivity index (χ3v) is 3.77. The van der Waals surface area contributed by atoms with Gasteiger partial charge in [-0.3, -0.25) is 4.79 Å². The molecule has 0 saturated carbocycles. The van der Waals surface area contributed by atoms with Gasteiger partial charge in [-0.2, -0.15) is 0 Å². The van der Waals surface area contributed by atoms with Crippen molar-refractivity contribution in [2.45, 2.75) is 0 Å². The lowest BCUT2D eigenvalue weighted by atomic mass is 10.2. The van der Waals surface area contributed by atoms with Crippen molar-refractivity contribution in [3.63, 3.8) is 0 Å². The van der Waals surface area contributed by atoms with Crippen LogP contribution in [-0.2, 0) is 4.74 Å². The van der Waals surface area contributed by atoms with Crippen molar-refractivity contribution in [3.05, 3.63) is 27.5 Å². The van der Waals surface area contributed by atoms with Crippen LogP contribution >= 0.6 is 27.5 Å². The molecule has 0 aliphatic carbocycles. The van der Waals surface area contributed by atoms with Crippen LogP contribution in [0.5, 0.6) is 0 Å². The zero-order valence-corrected chi connectivity index (χ0v) is 13.1. The van der Waals surface area contributed by atoms with E-state index in [0.717, 1.165) is 0 Å². The number of carbonyl (C=O) groups excluding carboxylic acids is 2. The molecule has 8 heteroatoms. The van der Waals surface area contributed by atoms with E-state index in [1.165, 1.54) is 13.3 Å². The van der Waals surface area contributed by atoms with E-state index in [1.54, 1.807) is 15.9 Å². The highest BCUT2D eigenvalue weighted by Gasteiger charge is 2.26. The van der Waals surface area contributed by atoms with Gasteiger partial charge in [0, 0.05) is 36.8 Å². The van der Waals surface area contributed by atoms with E-state index in [0.29, 0.717) is 36.2 Å². The third-order valence-electron chi connectivity index (χ3n) is 3.04. The van der Waals surface area contributed by atoms with Crippen LogP contribution in [0.2, 0.25) is 5.15 Å². The number of hydrogen-bond donors (Lipinski definition) is 0. The molecule has 2 rings (SSSR count). The number of halogens is 2. The maximum atomic E-state index is 12.4. The van der Waals surface area contributed by atoms with Gasteiger partial charge < -0.3 is 14.5 Å². The fourth-order valence-electron chi connectivity index (χ4n) is 1.96. The first-order valence-corrected chi connectivity index (χ1v) is 7.13. The number of ether oxygens (including phenoxy) is 1. The minimum atomic E-state index is -0.376. The molecule has 2 amide bonds. The zero-order chi connectivity index (χ0) is 14.7. The first-order valence-electron chi connectivity index (χ1n) is 5.96. The molecule has 6 nitrogen and oxygen atoms in total. The lowest BCUT2D eigenvalue weighted by molar-refractivity contribution is 0.0599. The van der Waals surface area contributed by atoms with Crippen molar-refractivity contribution in [1.82, 2.24) is 14.8 Å². The zero-order valence-electron chi connectivity index (χ0n) is 10.8. The molecular formula is C12H13BrClN3O3. The Labute approximate surface area is 129 Å². The molecule has 0 aromatic carbocycles. The fraction of sp³-hybridized carbons (Fsp3) is 0.417. The Morgan fingerprint density at radius 2 is 1.90 bits per heavy atom. The topological polar surface area (TPSA) is 62.7 Å². The third kappa shape index (κ3) is 3.21. The van der Waals surface area contributed by atoms with Crippen molar-refractivity contribution in [2.75, 3.05) is 33.3 Å². The smallest absolute Gasteiger partial charge is 0.409 e. The summed E-state index contributed by atoms with van der Waals surface area (Å²) in [6.45, 7) is 1.77. The minimum Gasteiger partial charge on any atom is -0.453 e. The average molecular weight is 363 g/mol. The van der Waals surface area contributed by atoms with Gasteiger partial charge in [0.05, 0.1) is 12.7 Å². The van der Waals surface area contributed by atoms with Gasteiger partial charge in [0.25, 0.3) is 5.91 Å². The van der Waals surface area contributed by atoms with Gasteiger partial charge in [0.15, 0.2) is 0 Å². The molecule has 0 atom stereocenters. The largest absolute Gasteiger partial charge is 0.453 e. The van der Waals surface area contributed by atoms with Crippen LogP contribution in [-0.4, -0.2) is 60.1 Å². The first kappa shape index (κ1) is 15.1. The Bertz CT molecular complexity index is 533. The lowest BCUT2D eigenvalue weighted by Gasteiger charge is -2.33. The molecule has 0 radical (unpaired) electrons. The second kappa shape index (κ2) is 6.41. The summed E-state index contributed by atoms with van der Waals surface area (Å²) >= 11 is 9.21. The molecule has 20 heavy (non-hydrogen) atoms. The molecule has 2 heterocycles. The molecule has 1 aliphatic rings. The molecule has 108 valence electrons.